The van der Waals surface area contributed by atoms with E-state index in [1.807, 2.05) is 6.20 Å². The number of nitrogen functional groups attached to an aromatic ring is 1. The summed E-state index contributed by atoms with van der Waals surface area (Å²) in [4.78, 5) is 6.59. The first-order chi connectivity index (χ1) is 8.24. The van der Waals surface area contributed by atoms with Crippen molar-refractivity contribution in [3.8, 4) is 0 Å². The molecule has 3 nitrogen and oxygen atoms in total. The number of nitrogens with zero attached hydrogens (tertiary/aromatic N) is 2. The highest BCUT2D eigenvalue weighted by molar-refractivity contribution is 9.10. The maximum absolute atomic E-state index is 6.08. The maximum atomic E-state index is 6.08. The van der Waals surface area contributed by atoms with E-state index in [0.29, 0.717) is 0 Å². The third-order valence-electron chi connectivity index (χ3n) is 3.57. The highest BCUT2D eigenvalue weighted by atomic mass is 79.9. The Hall–Kier alpha value is -0.770. The van der Waals surface area contributed by atoms with Crippen molar-refractivity contribution in [1.29, 1.82) is 0 Å². The van der Waals surface area contributed by atoms with Gasteiger partial charge in [0.05, 0.1) is 22.0 Å². The quantitative estimate of drug-likeness (QED) is 0.908. The van der Waals surface area contributed by atoms with Gasteiger partial charge in [0.1, 0.15) is 0 Å². The summed E-state index contributed by atoms with van der Waals surface area (Å²) in [7, 11) is 0. The first kappa shape index (κ1) is 11.3. The normalized spacial score (nSPS) is 19.4. The lowest BCUT2D eigenvalue weighted by Crippen LogP contribution is -2.29. The maximum Gasteiger partial charge on any atom is 0.0776 e. The molecule has 2 saturated carbocycles. The van der Waals surface area contributed by atoms with Gasteiger partial charge in [-0.25, -0.2) is 0 Å². The van der Waals surface area contributed by atoms with E-state index in [4.69, 9.17) is 5.73 Å². The predicted molar refractivity (Wildman–Crippen MR) is 74.0 cm³/mol. The van der Waals surface area contributed by atoms with E-state index in [0.717, 1.165) is 40.8 Å². The summed E-state index contributed by atoms with van der Waals surface area (Å²) in [5.74, 6) is 1.77. The van der Waals surface area contributed by atoms with Crippen LogP contribution in [0, 0.1) is 11.8 Å². The average molecular weight is 296 g/mol. The van der Waals surface area contributed by atoms with Gasteiger partial charge in [-0.2, -0.15) is 0 Å². The van der Waals surface area contributed by atoms with Crippen molar-refractivity contribution in [3.63, 3.8) is 0 Å². The lowest BCUT2D eigenvalue weighted by molar-refractivity contribution is 0.679. The zero-order valence-corrected chi connectivity index (χ0v) is 11.5. The predicted octanol–water partition coefficient (Wildman–Crippen LogP) is 3.05. The Morgan fingerprint density at radius 1 is 1.18 bits per heavy atom. The first-order valence-corrected chi connectivity index (χ1v) is 7.17. The Labute approximate surface area is 111 Å². The van der Waals surface area contributed by atoms with Gasteiger partial charge in [-0.1, -0.05) is 0 Å². The van der Waals surface area contributed by atoms with Gasteiger partial charge in [0.25, 0.3) is 0 Å². The van der Waals surface area contributed by atoms with Gasteiger partial charge in [-0.05, 0) is 53.4 Å². The molecule has 17 heavy (non-hydrogen) atoms. The minimum Gasteiger partial charge on any atom is -0.396 e. The zero-order chi connectivity index (χ0) is 11.8. The van der Waals surface area contributed by atoms with Gasteiger partial charge in [0, 0.05) is 19.3 Å². The van der Waals surface area contributed by atoms with E-state index in [9.17, 15) is 0 Å². The number of hydrogen-bond acceptors (Lipinski definition) is 3. The molecular weight excluding hydrogens is 278 g/mol. The molecular formula is C13H18BrN3. The van der Waals surface area contributed by atoms with E-state index in [-0.39, 0.29) is 0 Å². The number of nitrogens with two attached hydrogens (primary N) is 1. The fraction of sp³-hybridized carbons (Fsp3) is 0.615. The molecule has 2 fully saturated rings. The van der Waals surface area contributed by atoms with Crippen molar-refractivity contribution in [2.45, 2.75) is 25.7 Å². The molecule has 0 bridgehead atoms. The Balaban J connectivity index is 1.83. The summed E-state index contributed by atoms with van der Waals surface area (Å²) in [6, 6.07) is 0. The van der Waals surface area contributed by atoms with E-state index in [1.165, 1.54) is 25.7 Å². The summed E-state index contributed by atoms with van der Waals surface area (Å²) in [6.45, 7) is 2.31. The number of pyridine rings is 1. The van der Waals surface area contributed by atoms with Crippen molar-refractivity contribution in [1.82, 2.24) is 4.98 Å². The highest BCUT2D eigenvalue weighted by Crippen LogP contribution is 2.39. The van der Waals surface area contributed by atoms with Crippen molar-refractivity contribution in [2.24, 2.45) is 11.8 Å². The Bertz CT molecular complexity index is 379. The molecule has 0 saturated heterocycles. The standard InChI is InChI=1S/C13H18BrN3/c14-11-5-16-6-12(15)13(11)17(7-9-1-2-9)8-10-3-4-10/h5-6,9-10H,1-4,7-8,15H2. The molecule has 0 aromatic carbocycles. The van der Waals surface area contributed by atoms with Crippen LogP contribution in [0.1, 0.15) is 25.7 Å². The molecule has 3 rings (SSSR count). The van der Waals surface area contributed by atoms with Crippen LogP contribution in [0.15, 0.2) is 16.9 Å². The second-order valence-electron chi connectivity index (χ2n) is 5.35. The summed E-state index contributed by atoms with van der Waals surface area (Å²) in [6.07, 6.45) is 9.12. The van der Waals surface area contributed by atoms with Gasteiger partial charge in [-0.15, -0.1) is 0 Å². The van der Waals surface area contributed by atoms with Gasteiger partial charge in [0.2, 0.25) is 0 Å². The minimum atomic E-state index is 0.792. The van der Waals surface area contributed by atoms with Crippen LogP contribution in [0.2, 0.25) is 0 Å². The second kappa shape index (κ2) is 4.48. The summed E-state index contributed by atoms with van der Waals surface area (Å²) in [5.41, 5.74) is 8.02. The SMILES string of the molecule is Nc1cncc(Br)c1N(CC1CC1)CC1CC1. The molecule has 4 heteroatoms. The second-order valence-corrected chi connectivity index (χ2v) is 6.21. The first-order valence-electron chi connectivity index (χ1n) is 6.38. The molecule has 0 aliphatic heterocycles. The van der Waals surface area contributed by atoms with Gasteiger partial charge in [-0.3, -0.25) is 4.98 Å². The number of aromatic nitrogens is 1. The largest absolute Gasteiger partial charge is 0.396 e. The van der Waals surface area contributed by atoms with E-state index in [1.54, 1.807) is 6.20 Å². The molecule has 0 atom stereocenters. The summed E-state index contributed by atoms with van der Waals surface area (Å²) in [5, 5.41) is 0. The van der Waals surface area contributed by atoms with E-state index < -0.39 is 0 Å². The van der Waals surface area contributed by atoms with Crippen LogP contribution in [0.5, 0.6) is 0 Å². The van der Waals surface area contributed by atoms with Crippen molar-refractivity contribution in [3.05, 3.63) is 16.9 Å². The summed E-state index contributed by atoms with van der Waals surface area (Å²) < 4.78 is 1.03. The lowest BCUT2D eigenvalue weighted by atomic mass is 10.2. The smallest absolute Gasteiger partial charge is 0.0776 e. The molecule has 0 spiro atoms. The Kier molecular flexibility index (Phi) is 2.99. The van der Waals surface area contributed by atoms with Crippen LogP contribution in [0.4, 0.5) is 11.4 Å². The summed E-state index contributed by atoms with van der Waals surface area (Å²) >= 11 is 3.58. The minimum absolute atomic E-state index is 0.792. The average Bonchev–Trinajstić information content (AvgIpc) is 3.12. The van der Waals surface area contributed by atoms with E-state index in [2.05, 4.69) is 25.8 Å². The number of rotatable bonds is 5. The number of anilines is 2. The third-order valence-corrected chi connectivity index (χ3v) is 4.15. The molecule has 92 valence electrons. The fourth-order valence-electron chi connectivity index (χ4n) is 2.26. The van der Waals surface area contributed by atoms with Gasteiger partial charge >= 0.3 is 0 Å². The van der Waals surface area contributed by atoms with Crippen molar-refractivity contribution < 1.29 is 0 Å². The molecule has 2 aliphatic carbocycles. The Morgan fingerprint density at radius 3 is 2.24 bits per heavy atom. The van der Waals surface area contributed by atoms with Gasteiger partial charge in [0.15, 0.2) is 0 Å². The van der Waals surface area contributed by atoms with Crippen LogP contribution < -0.4 is 10.6 Å². The van der Waals surface area contributed by atoms with Crippen molar-refractivity contribution in [2.75, 3.05) is 23.7 Å². The highest BCUT2D eigenvalue weighted by Gasteiger charge is 2.30. The molecule has 2 N–H and O–H groups in total. The molecule has 0 unspecified atom stereocenters. The van der Waals surface area contributed by atoms with Crippen LogP contribution in [-0.4, -0.2) is 18.1 Å². The van der Waals surface area contributed by atoms with Crippen molar-refractivity contribution >= 4 is 27.3 Å². The fourth-order valence-corrected chi connectivity index (χ4v) is 2.86. The van der Waals surface area contributed by atoms with Crippen LogP contribution in [0.25, 0.3) is 0 Å². The number of halogens is 1. The molecule has 2 aliphatic rings. The molecule has 1 aromatic rings. The van der Waals surface area contributed by atoms with Crippen LogP contribution in [-0.2, 0) is 0 Å². The zero-order valence-electron chi connectivity index (χ0n) is 9.90. The van der Waals surface area contributed by atoms with Crippen LogP contribution >= 0.6 is 15.9 Å². The topological polar surface area (TPSA) is 42.1 Å². The third kappa shape index (κ3) is 2.73. The molecule has 0 radical (unpaired) electrons. The monoisotopic (exact) mass is 295 g/mol. The molecule has 0 amide bonds. The van der Waals surface area contributed by atoms with Crippen LogP contribution in [0.3, 0.4) is 0 Å². The lowest BCUT2D eigenvalue weighted by Gasteiger charge is -2.27. The van der Waals surface area contributed by atoms with Gasteiger partial charge < -0.3 is 10.6 Å². The number of hydrogen-bond donors (Lipinski definition) is 1. The molecule has 1 aromatic heterocycles. The van der Waals surface area contributed by atoms with E-state index >= 15 is 0 Å². The Morgan fingerprint density at radius 2 is 1.76 bits per heavy atom. The molecule has 1 heterocycles.